The van der Waals surface area contributed by atoms with Gasteiger partial charge in [0.2, 0.25) is 0 Å². The van der Waals surface area contributed by atoms with Gasteiger partial charge in [0, 0.05) is 17.8 Å². The maximum absolute atomic E-state index is 14.5. The van der Waals surface area contributed by atoms with Crippen LogP contribution in [0.4, 0.5) is 4.39 Å². The van der Waals surface area contributed by atoms with Crippen molar-refractivity contribution in [2.75, 3.05) is 0 Å². The number of hydrogen-bond donors (Lipinski definition) is 2. The first-order valence-corrected chi connectivity index (χ1v) is 8.16. The molecule has 0 aromatic rings. The van der Waals surface area contributed by atoms with Crippen LogP contribution < -0.4 is 11.1 Å². The van der Waals surface area contributed by atoms with Crippen molar-refractivity contribution in [1.82, 2.24) is 10.2 Å². The van der Waals surface area contributed by atoms with Crippen LogP contribution in [0.15, 0.2) is 89.4 Å². The second-order valence-electron chi connectivity index (χ2n) is 5.99. The third-order valence-corrected chi connectivity index (χ3v) is 4.20. The number of amidine groups is 1. The lowest BCUT2D eigenvalue weighted by Crippen LogP contribution is -2.32. The monoisotopic (exact) mass is 340 g/mol. The molecule has 0 spiro atoms. The van der Waals surface area contributed by atoms with Gasteiger partial charge in [-0.3, -0.25) is 0 Å². The molecule has 25 heavy (non-hydrogen) atoms. The highest BCUT2D eigenvalue weighted by Crippen LogP contribution is 2.35. The van der Waals surface area contributed by atoms with Gasteiger partial charge in [0.25, 0.3) is 0 Å². The fraction of sp³-hybridized carbons (Fsp3) is 0.250. The van der Waals surface area contributed by atoms with E-state index in [-0.39, 0.29) is 17.8 Å². The standard InChI is InChI=1S/C20H25FN4/c1-6-17(21)20(24-15(5)23-18(7-2)14(4)22)25-12-11-16-13(3)9-8-10-19(16)25/h6-12,16,19H,1,4,22H2,2-3,5H3,(H,23,24)/b18-7+,20-17-. The summed E-state index contributed by atoms with van der Waals surface area (Å²) in [5.74, 6) is 0.452. The Bertz CT molecular complexity index is 750. The minimum atomic E-state index is -0.486. The molecule has 0 fully saturated rings. The molecule has 1 aliphatic carbocycles. The van der Waals surface area contributed by atoms with Crippen molar-refractivity contribution in [1.29, 1.82) is 0 Å². The average molecular weight is 340 g/mol. The molecular weight excluding hydrogens is 315 g/mol. The van der Waals surface area contributed by atoms with E-state index in [1.807, 2.05) is 30.2 Å². The van der Waals surface area contributed by atoms with Gasteiger partial charge in [0.05, 0.1) is 11.7 Å². The topological polar surface area (TPSA) is 53.6 Å². The van der Waals surface area contributed by atoms with Gasteiger partial charge in [-0.15, -0.1) is 0 Å². The molecule has 2 unspecified atom stereocenters. The summed E-state index contributed by atoms with van der Waals surface area (Å²) in [7, 11) is 0. The summed E-state index contributed by atoms with van der Waals surface area (Å²) in [6, 6.07) is 0.00733. The Kier molecular flexibility index (Phi) is 5.80. The highest BCUT2D eigenvalue weighted by Gasteiger charge is 2.32. The number of fused-ring (bicyclic) bond motifs is 1. The van der Waals surface area contributed by atoms with Crippen LogP contribution in [-0.4, -0.2) is 16.8 Å². The highest BCUT2D eigenvalue weighted by molar-refractivity contribution is 5.83. The summed E-state index contributed by atoms with van der Waals surface area (Å²) in [5.41, 5.74) is 7.99. The summed E-state index contributed by atoms with van der Waals surface area (Å²) in [6.07, 6.45) is 13.0. The smallest absolute Gasteiger partial charge is 0.171 e. The SMILES string of the molecule is C=C/C(F)=C(\N=C(C)N/C(=C/C)C(=C)N)N1C=CC2C(C)=CC=CC21. The Labute approximate surface area is 149 Å². The zero-order valence-electron chi connectivity index (χ0n) is 15.0. The van der Waals surface area contributed by atoms with Crippen molar-refractivity contribution < 1.29 is 4.39 Å². The van der Waals surface area contributed by atoms with Crippen LogP contribution in [0.3, 0.4) is 0 Å². The largest absolute Gasteiger partial charge is 0.398 e. The lowest BCUT2D eigenvalue weighted by atomic mass is 9.90. The quantitative estimate of drug-likeness (QED) is 0.451. The molecule has 0 radical (unpaired) electrons. The third-order valence-electron chi connectivity index (χ3n) is 4.20. The molecule has 0 bridgehead atoms. The van der Waals surface area contributed by atoms with Gasteiger partial charge in [-0.25, -0.2) is 9.38 Å². The van der Waals surface area contributed by atoms with Crippen molar-refractivity contribution in [2.24, 2.45) is 16.6 Å². The van der Waals surface area contributed by atoms with E-state index in [1.165, 1.54) is 11.6 Å². The summed E-state index contributed by atoms with van der Waals surface area (Å²) in [6.45, 7) is 12.9. The first-order valence-electron chi connectivity index (χ1n) is 8.16. The van der Waals surface area contributed by atoms with E-state index in [2.05, 4.69) is 42.5 Å². The minimum absolute atomic E-state index is 0.00733. The second kappa shape index (κ2) is 7.83. The molecule has 0 saturated carbocycles. The van der Waals surface area contributed by atoms with E-state index >= 15 is 0 Å². The van der Waals surface area contributed by atoms with E-state index in [1.54, 1.807) is 13.0 Å². The Morgan fingerprint density at radius 2 is 2.16 bits per heavy atom. The number of halogens is 1. The maximum atomic E-state index is 14.5. The molecule has 1 heterocycles. The number of hydrogen-bond acceptors (Lipinski definition) is 3. The van der Waals surface area contributed by atoms with Crippen LogP contribution in [0.1, 0.15) is 20.8 Å². The van der Waals surface area contributed by atoms with Crippen LogP contribution >= 0.6 is 0 Å². The molecule has 0 aromatic carbocycles. The Hall–Kier alpha value is -2.82. The molecule has 5 heteroatoms. The second-order valence-corrected chi connectivity index (χ2v) is 5.99. The van der Waals surface area contributed by atoms with Crippen LogP contribution in [0.5, 0.6) is 0 Å². The molecule has 1 aliphatic heterocycles. The number of rotatable bonds is 5. The molecule has 4 nitrogen and oxygen atoms in total. The predicted octanol–water partition coefficient (Wildman–Crippen LogP) is 4.03. The van der Waals surface area contributed by atoms with Crippen LogP contribution in [0.25, 0.3) is 0 Å². The molecule has 0 saturated heterocycles. The van der Waals surface area contributed by atoms with Crippen molar-refractivity contribution in [3.8, 4) is 0 Å². The van der Waals surface area contributed by atoms with E-state index < -0.39 is 5.83 Å². The highest BCUT2D eigenvalue weighted by atomic mass is 19.1. The molecule has 2 atom stereocenters. The molecule has 0 amide bonds. The van der Waals surface area contributed by atoms with Crippen LogP contribution in [-0.2, 0) is 0 Å². The van der Waals surface area contributed by atoms with E-state index in [0.29, 0.717) is 17.2 Å². The minimum Gasteiger partial charge on any atom is -0.398 e. The summed E-state index contributed by atoms with van der Waals surface area (Å²) in [5, 5.41) is 3.05. The molecule has 2 aliphatic rings. The Balaban J connectivity index is 2.33. The third kappa shape index (κ3) is 3.99. The van der Waals surface area contributed by atoms with Gasteiger partial charge in [-0.1, -0.05) is 49.1 Å². The number of nitrogens with two attached hydrogens (primary N) is 1. The predicted molar refractivity (Wildman–Crippen MR) is 103 cm³/mol. The summed E-state index contributed by atoms with van der Waals surface area (Å²) >= 11 is 0. The zero-order valence-corrected chi connectivity index (χ0v) is 15.0. The van der Waals surface area contributed by atoms with Gasteiger partial charge in [0.15, 0.2) is 11.6 Å². The fourth-order valence-corrected chi connectivity index (χ4v) is 2.89. The molecular formula is C20H25FN4. The lowest BCUT2D eigenvalue weighted by molar-refractivity contribution is 0.365. The molecule has 3 N–H and O–H groups in total. The maximum Gasteiger partial charge on any atom is 0.171 e. The number of allylic oxidation sites excluding steroid dienone is 5. The van der Waals surface area contributed by atoms with E-state index in [9.17, 15) is 4.39 Å². The molecule has 132 valence electrons. The first kappa shape index (κ1) is 18.5. The normalized spacial score (nSPS) is 23.8. The zero-order chi connectivity index (χ0) is 18.6. The number of nitrogens with zero attached hydrogens (tertiary/aromatic N) is 2. The fourth-order valence-electron chi connectivity index (χ4n) is 2.89. The van der Waals surface area contributed by atoms with Gasteiger partial charge >= 0.3 is 0 Å². The summed E-state index contributed by atoms with van der Waals surface area (Å²) in [4.78, 5) is 6.26. The van der Waals surface area contributed by atoms with Crippen molar-refractivity contribution in [2.45, 2.75) is 26.8 Å². The van der Waals surface area contributed by atoms with Crippen molar-refractivity contribution >= 4 is 5.84 Å². The Morgan fingerprint density at radius 1 is 1.44 bits per heavy atom. The van der Waals surface area contributed by atoms with Gasteiger partial charge < -0.3 is 16.0 Å². The van der Waals surface area contributed by atoms with E-state index in [0.717, 1.165) is 0 Å². The van der Waals surface area contributed by atoms with Crippen molar-refractivity contribution in [3.63, 3.8) is 0 Å². The Morgan fingerprint density at radius 3 is 2.76 bits per heavy atom. The van der Waals surface area contributed by atoms with Crippen molar-refractivity contribution in [3.05, 3.63) is 84.4 Å². The number of nitrogens with one attached hydrogen (secondary N) is 1. The molecule has 0 aromatic heterocycles. The van der Waals surface area contributed by atoms with E-state index in [4.69, 9.17) is 5.73 Å². The van der Waals surface area contributed by atoms with Crippen LogP contribution in [0.2, 0.25) is 0 Å². The summed E-state index contributed by atoms with van der Waals surface area (Å²) < 4.78 is 14.5. The van der Waals surface area contributed by atoms with Gasteiger partial charge in [-0.05, 0) is 26.8 Å². The molecule has 2 rings (SSSR count). The van der Waals surface area contributed by atoms with Gasteiger partial charge in [0.1, 0.15) is 5.84 Å². The average Bonchev–Trinajstić information content (AvgIpc) is 3.01. The van der Waals surface area contributed by atoms with Gasteiger partial charge in [-0.2, -0.15) is 0 Å². The lowest BCUT2D eigenvalue weighted by Gasteiger charge is -2.30. The first-order chi connectivity index (χ1) is 11.9. The number of aliphatic imine (C=N–C) groups is 1. The van der Waals surface area contributed by atoms with Crippen LogP contribution in [0, 0.1) is 5.92 Å².